The summed E-state index contributed by atoms with van der Waals surface area (Å²) < 4.78 is 30.0. The van der Waals surface area contributed by atoms with Crippen molar-refractivity contribution in [3.8, 4) is 5.75 Å². The van der Waals surface area contributed by atoms with Crippen LogP contribution >= 0.6 is 0 Å². The maximum absolute atomic E-state index is 13.7. The molecule has 1 aromatic rings. The molecule has 2 heterocycles. The summed E-state index contributed by atoms with van der Waals surface area (Å²) in [6.45, 7) is 1.35. The highest BCUT2D eigenvalue weighted by Crippen LogP contribution is 2.38. The van der Waals surface area contributed by atoms with E-state index in [2.05, 4.69) is 10.6 Å². The van der Waals surface area contributed by atoms with Gasteiger partial charge in [0.2, 0.25) is 0 Å². The fourth-order valence-electron chi connectivity index (χ4n) is 3.44. The van der Waals surface area contributed by atoms with Crippen molar-refractivity contribution in [1.82, 2.24) is 10.6 Å². The lowest BCUT2D eigenvalue weighted by Crippen LogP contribution is -2.46. The van der Waals surface area contributed by atoms with Crippen LogP contribution in [0.5, 0.6) is 5.75 Å². The lowest BCUT2D eigenvalue weighted by Gasteiger charge is -2.22. The molecular weight excluding hydrogens is 315 g/mol. The summed E-state index contributed by atoms with van der Waals surface area (Å²) in [6, 6.07) is 2.58. The number of carbonyl (C=O) groups excluding carboxylic acids is 1. The zero-order valence-corrected chi connectivity index (χ0v) is 13.3. The highest BCUT2D eigenvalue weighted by atomic mass is 19.1. The monoisotopic (exact) mass is 336 g/mol. The fraction of sp³-hybridized carbons (Fsp3) is 0.588. The molecule has 3 aliphatic rings. The van der Waals surface area contributed by atoms with E-state index >= 15 is 0 Å². The number of halogens is 1. The van der Waals surface area contributed by atoms with Crippen LogP contribution in [-0.2, 0) is 22.6 Å². The second-order valence-electron chi connectivity index (χ2n) is 6.56. The first-order valence-electron chi connectivity index (χ1n) is 8.38. The van der Waals surface area contributed by atoms with Crippen molar-refractivity contribution in [2.45, 2.75) is 44.6 Å². The standard InChI is InChI=1S/C17H21FN2O4/c18-13-5-11(15-12(6-13)8-22-9-24-15)7-19-17(21)20-14-3-4-23-16(14)10-1-2-10/h5-6,10,14,16H,1-4,7-9H2,(H2,19,20,21)/t14-,16+/m1/s1. The predicted octanol–water partition coefficient (Wildman–Crippen LogP) is 2.06. The average Bonchev–Trinajstić information content (AvgIpc) is 3.32. The van der Waals surface area contributed by atoms with Crippen LogP contribution in [0.15, 0.2) is 12.1 Å². The summed E-state index contributed by atoms with van der Waals surface area (Å²) in [5.41, 5.74) is 1.28. The van der Waals surface area contributed by atoms with Crippen LogP contribution in [0.3, 0.4) is 0 Å². The number of fused-ring (bicyclic) bond motifs is 1. The fourth-order valence-corrected chi connectivity index (χ4v) is 3.44. The maximum Gasteiger partial charge on any atom is 0.315 e. The van der Waals surface area contributed by atoms with Crippen LogP contribution in [-0.4, -0.2) is 31.6 Å². The van der Waals surface area contributed by atoms with Crippen LogP contribution in [0.4, 0.5) is 9.18 Å². The Bertz CT molecular complexity index is 635. The van der Waals surface area contributed by atoms with Crippen molar-refractivity contribution in [2.24, 2.45) is 5.92 Å². The van der Waals surface area contributed by atoms with E-state index in [1.54, 1.807) is 0 Å². The number of benzene rings is 1. The summed E-state index contributed by atoms with van der Waals surface area (Å²) in [5.74, 6) is 0.822. The van der Waals surface area contributed by atoms with Gasteiger partial charge in [-0.15, -0.1) is 0 Å². The van der Waals surface area contributed by atoms with Crippen molar-refractivity contribution in [3.63, 3.8) is 0 Å². The number of hydrogen-bond donors (Lipinski definition) is 2. The summed E-state index contributed by atoms with van der Waals surface area (Å²) in [6.07, 6.45) is 3.33. The average molecular weight is 336 g/mol. The maximum atomic E-state index is 13.7. The Morgan fingerprint density at radius 2 is 2.17 bits per heavy atom. The van der Waals surface area contributed by atoms with Gasteiger partial charge in [0.1, 0.15) is 11.6 Å². The Kier molecular flexibility index (Phi) is 4.28. The van der Waals surface area contributed by atoms with Crippen LogP contribution in [0, 0.1) is 11.7 Å². The molecular formula is C17H21FN2O4. The molecule has 2 N–H and O–H groups in total. The number of ether oxygens (including phenoxy) is 3. The first-order valence-corrected chi connectivity index (χ1v) is 8.38. The normalized spacial score (nSPS) is 25.7. The van der Waals surface area contributed by atoms with E-state index in [-0.39, 0.29) is 37.3 Å². The van der Waals surface area contributed by atoms with E-state index in [4.69, 9.17) is 14.2 Å². The lowest BCUT2D eigenvalue weighted by molar-refractivity contribution is -0.0173. The molecule has 1 aliphatic carbocycles. The van der Waals surface area contributed by atoms with Gasteiger partial charge in [-0.25, -0.2) is 9.18 Å². The zero-order valence-electron chi connectivity index (χ0n) is 13.3. The Morgan fingerprint density at radius 3 is 3.00 bits per heavy atom. The van der Waals surface area contributed by atoms with Gasteiger partial charge in [0.25, 0.3) is 0 Å². The molecule has 7 heteroatoms. The highest BCUT2D eigenvalue weighted by Gasteiger charge is 2.41. The van der Waals surface area contributed by atoms with E-state index < -0.39 is 0 Å². The van der Waals surface area contributed by atoms with Gasteiger partial charge in [0.15, 0.2) is 6.79 Å². The third-order valence-corrected chi connectivity index (χ3v) is 4.73. The van der Waals surface area contributed by atoms with Crippen molar-refractivity contribution in [2.75, 3.05) is 13.4 Å². The van der Waals surface area contributed by atoms with Gasteiger partial charge in [-0.3, -0.25) is 0 Å². The third-order valence-electron chi connectivity index (χ3n) is 4.73. The number of carbonyl (C=O) groups is 1. The number of amides is 2. The van der Waals surface area contributed by atoms with Gasteiger partial charge < -0.3 is 24.8 Å². The minimum atomic E-state index is -0.363. The molecule has 2 amide bonds. The molecule has 24 heavy (non-hydrogen) atoms. The first kappa shape index (κ1) is 15.7. The molecule has 1 saturated heterocycles. The summed E-state index contributed by atoms with van der Waals surface area (Å²) in [5, 5.41) is 5.77. The summed E-state index contributed by atoms with van der Waals surface area (Å²) in [7, 11) is 0. The third kappa shape index (κ3) is 3.32. The quantitative estimate of drug-likeness (QED) is 0.883. The molecule has 2 atom stereocenters. The molecule has 0 radical (unpaired) electrons. The molecule has 0 bridgehead atoms. The Balaban J connectivity index is 1.36. The number of urea groups is 1. The Morgan fingerprint density at radius 1 is 1.29 bits per heavy atom. The van der Waals surface area contributed by atoms with Crippen LogP contribution in [0.2, 0.25) is 0 Å². The van der Waals surface area contributed by atoms with Crippen molar-refractivity contribution in [3.05, 3.63) is 29.1 Å². The Labute approximate surface area is 139 Å². The molecule has 1 aromatic carbocycles. The molecule has 2 aliphatic heterocycles. The van der Waals surface area contributed by atoms with Crippen molar-refractivity contribution in [1.29, 1.82) is 0 Å². The minimum Gasteiger partial charge on any atom is -0.467 e. The van der Waals surface area contributed by atoms with Crippen LogP contribution < -0.4 is 15.4 Å². The number of rotatable bonds is 4. The van der Waals surface area contributed by atoms with Crippen molar-refractivity contribution < 1.29 is 23.4 Å². The van der Waals surface area contributed by atoms with Gasteiger partial charge in [-0.05, 0) is 37.3 Å². The topological polar surface area (TPSA) is 68.8 Å². The van der Waals surface area contributed by atoms with Crippen LogP contribution in [0.1, 0.15) is 30.4 Å². The van der Waals surface area contributed by atoms with E-state index in [0.717, 1.165) is 6.42 Å². The smallest absolute Gasteiger partial charge is 0.315 e. The largest absolute Gasteiger partial charge is 0.467 e. The molecule has 130 valence electrons. The summed E-state index contributed by atoms with van der Waals surface area (Å²) >= 11 is 0. The van der Waals surface area contributed by atoms with Gasteiger partial charge in [-0.1, -0.05) is 0 Å². The van der Waals surface area contributed by atoms with Gasteiger partial charge in [0, 0.05) is 24.3 Å². The molecule has 6 nitrogen and oxygen atoms in total. The molecule has 0 aromatic heterocycles. The molecule has 0 unspecified atom stereocenters. The number of hydrogen-bond acceptors (Lipinski definition) is 4. The molecule has 0 spiro atoms. The first-order chi connectivity index (χ1) is 11.7. The summed E-state index contributed by atoms with van der Waals surface area (Å²) in [4.78, 5) is 12.2. The SMILES string of the molecule is O=C(NCc1cc(F)cc2c1OCOC2)N[C@@H]1CCO[C@H]1C1CC1. The Hall–Kier alpha value is -1.86. The predicted molar refractivity (Wildman–Crippen MR) is 82.9 cm³/mol. The van der Waals surface area contributed by atoms with Crippen molar-refractivity contribution >= 4 is 6.03 Å². The molecule has 2 fully saturated rings. The van der Waals surface area contributed by atoms with Gasteiger partial charge >= 0.3 is 6.03 Å². The van der Waals surface area contributed by atoms with Crippen LogP contribution in [0.25, 0.3) is 0 Å². The van der Waals surface area contributed by atoms with Gasteiger partial charge in [-0.2, -0.15) is 0 Å². The minimum absolute atomic E-state index is 0.0589. The molecule has 4 rings (SSSR count). The zero-order chi connectivity index (χ0) is 16.5. The number of nitrogens with one attached hydrogen (secondary N) is 2. The lowest BCUT2D eigenvalue weighted by atomic mass is 10.1. The second-order valence-corrected chi connectivity index (χ2v) is 6.56. The van der Waals surface area contributed by atoms with Gasteiger partial charge in [0.05, 0.1) is 18.8 Å². The molecule has 1 saturated carbocycles. The van der Waals surface area contributed by atoms with E-state index in [0.29, 0.717) is 36.0 Å². The highest BCUT2D eigenvalue weighted by molar-refractivity contribution is 5.74. The van der Waals surface area contributed by atoms with E-state index in [9.17, 15) is 9.18 Å². The second kappa shape index (κ2) is 6.57. The van der Waals surface area contributed by atoms with E-state index in [1.165, 1.54) is 25.0 Å². The van der Waals surface area contributed by atoms with E-state index in [1.807, 2.05) is 0 Å².